The molecule has 1 aromatic heterocycles. The number of pyridine rings is 1. The number of fused-ring (bicyclic) bond motifs is 1. The first-order valence-corrected chi connectivity index (χ1v) is 5.84. The van der Waals surface area contributed by atoms with Crippen molar-refractivity contribution in [3.63, 3.8) is 0 Å². The first-order valence-electron chi connectivity index (χ1n) is 5.46. The highest BCUT2D eigenvalue weighted by atomic mass is 35.5. The van der Waals surface area contributed by atoms with E-state index < -0.39 is 0 Å². The first-order chi connectivity index (χ1) is 7.39. The Hall–Kier alpha value is -1.08. The maximum atomic E-state index is 6.30. The number of aryl methyl sites for hydroxylation is 1. The molecular weight excluding hydrogens is 218 g/mol. The monoisotopic (exact) mass is 233 g/mol. The quantitative estimate of drug-likeness (QED) is 0.653. The van der Waals surface area contributed by atoms with Crippen molar-refractivity contribution in [1.82, 2.24) is 4.98 Å². The molecule has 1 nitrogen and oxygen atoms in total. The third-order valence-corrected chi connectivity index (χ3v) is 3.02. The Morgan fingerprint density at radius 2 is 1.75 bits per heavy atom. The van der Waals surface area contributed by atoms with Gasteiger partial charge in [0.1, 0.15) is 0 Å². The maximum absolute atomic E-state index is 6.30. The molecule has 0 aliphatic carbocycles. The van der Waals surface area contributed by atoms with Gasteiger partial charge in [0.25, 0.3) is 0 Å². The van der Waals surface area contributed by atoms with E-state index >= 15 is 0 Å². The minimum absolute atomic E-state index is 0.0352. The Morgan fingerprint density at radius 1 is 1.06 bits per heavy atom. The van der Waals surface area contributed by atoms with Gasteiger partial charge in [0.05, 0.1) is 5.52 Å². The molecule has 1 heterocycles. The smallest absolute Gasteiger partial charge is 0.0709 e. The van der Waals surface area contributed by atoms with Gasteiger partial charge in [0.2, 0.25) is 0 Å². The fraction of sp³-hybridized carbons (Fsp3) is 0.357. The van der Waals surface area contributed by atoms with E-state index in [-0.39, 0.29) is 5.41 Å². The van der Waals surface area contributed by atoms with Gasteiger partial charge in [-0.05, 0) is 36.1 Å². The summed E-state index contributed by atoms with van der Waals surface area (Å²) in [4.78, 5) is 4.53. The van der Waals surface area contributed by atoms with E-state index in [4.69, 9.17) is 11.6 Å². The molecule has 2 heteroatoms. The van der Waals surface area contributed by atoms with Gasteiger partial charge in [-0.3, -0.25) is 4.98 Å². The van der Waals surface area contributed by atoms with E-state index in [9.17, 15) is 0 Å². The molecule has 0 spiro atoms. The highest BCUT2D eigenvalue weighted by molar-refractivity contribution is 6.32. The molecule has 0 bridgehead atoms. The Balaban J connectivity index is 2.85. The van der Waals surface area contributed by atoms with Gasteiger partial charge in [0.15, 0.2) is 0 Å². The van der Waals surface area contributed by atoms with Crippen LogP contribution in [0.5, 0.6) is 0 Å². The number of hydrogen-bond acceptors (Lipinski definition) is 1. The summed E-state index contributed by atoms with van der Waals surface area (Å²) >= 11 is 6.30. The zero-order valence-electron chi connectivity index (χ0n) is 10.1. The molecular formula is C14H16ClN. The summed E-state index contributed by atoms with van der Waals surface area (Å²) < 4.78 is 0. The Morgan fingerprint density at radius 3 is 2.38 bits per heavy atom. The predicted molar refractivity (Wildman–Crippen MR) is 70.2 cm³/mol. The van der Waals surface area contributed by atoms with Crippen LogP contribution in [-0.4, -0.2) is 4.98 Å². The Bertz CT molecular complexity index is 538. The summed E-state index contributed by atoms with van der Waals surface area (Å²) in [6, 6.07) is 8.08. The standard InChI is InChI=1S/C14H16ClN/c1-9-5-6-10-12(16-9)8-7-11(15)13(10)14(2,3)4/h5-8H,1-4H3. The van der Waals surface area contributed by atoms with Crippen LogP contribution in [0.15, 0.2) is 24.3 Å². The number of halogens is 1. The van der Waals surface area contributed by atoms with Crippen molar-refractivity contribution in [2.45, 2.75) is 33.1 Å². The number of rotatable bonds is 0. The van der Waals surface area contributed by atoms with Crippen LogP contribution < -0.4 is 0 Å². The summed E-state index contributed by atoms with van der Waals surface area (Å²) in [6.45, 7) is 8.53. The highest BCUT2D eigenvalue weighted by Crippen LogP contribution is 2.35. The number of aromatic nitrogens is 1. The lowest BCUT2D eigenvalue weighted by molar-refractivity contribution is 0.596. The predicted octanol–water partition coefficient (Wildman–Crippen LogP) is 4.49. The van der Waals surface area contributed by atoms with E-state index in [0.29, 0.717) is 0 Å². The molecule has 0 N–H and O–H groups in total. The van der Waals surface area contributed by atoms with Gasteiger partial charge in [0, 0.05) is 16.1 Å². The van der Waals surface area contributed by atoms with Crippen LogP contribution in [-0.2, 0) is 5.41 Å². The van der Waals surface area contributed by atoms with Crippen LogP contribution >= 0.6 is 11.6 Å². The third-order valence-electron chi connectivity index (χ3n) is 2.71. The molecule has 2 rings (SSSR count). The van der Waals surface area contributed by atoms with E-state index in [1.54, 1.807) is 0 Å². The van der Waals surface area contributed by atoms with Crippen LogP contribution in [0.25, 0.3) is 10.9 Å². The van der Waals surface area contributed by atoms with E-state index in [2.05, 4.69) is 31.8 Å². The zero-order valence-corrected chi connectivity index (χ0v) is 10.9. The van der Waals surface area contributed by atoms with Crippen LogP contribution in [0.1, 0.15) is 32.0 Å². The van der Waals surface area contributed by atoms with E-state index in [1.165, 1.54) is 5.56 Å². The molecule has 0 unspecified atom stereocenters. The van der Waals surface area contributed by atoms with Gasteiger partial charge < -0.3 is 0 Å². The van der Waals surface area contributed by atoms with E-state index in [0.717, 1.165) is 21.6 Å². The maximum Gasteiger partial charge on any atom is 0.0709 e. The number of hydrogen-bond donors (Lipinski definition) is 0. The molecule has 0 amide bonds. The molecule has 0 saturated heterocycles. The molecule has 1 aromatic carbocycles. The van der Waals surface area contributed by atoms with Crippen LogP contribution in [0, 0.1) is 6.92 Å². The topological polar surface area (TPSA) is 12.9 Å². The number of nitrogens with zero attached hydrogens (tertiary/aromatic N) is 1. The average molecular weight is 234 g/mol. The number of benzene rings is 1. The normalized spacial score (nSPS) is 12.1. The Kier molecular flexibility index (Phi) is 2.67. The molecule has 0 atom stereocenters. The highest BCUT2D eigenvalue weighted by Gasteiger charge is 2.20. The first kappa shape index (κ1) is 11.4. The molecule has 16 heavy (non-hydrogen) atoms. The van der Waals surface area contributed by atoms with Crippen molar-refractivity contribution in [2.75, 3.05) is 0 Å². The van der Waals surface area contributed by atoms with Crippen molar-refractivity contribution in [3.05, 3.63) is 40.5 Å². The van der Waals surface area contributed by atoms with Crippen molar-refractivity contribution >= 4 is 22.5 Å². The molecule has 84 valence electrons. The van der Waals surface area contributed by atoms with E-state index in [1.807, 2.05) is 25.1 Å². The molecule has 0 fully saturated rings. The van der Waals surface area contributed by atoms with Gasteiger partial charge in [-0.15, -0.1) is 0 Å². The van der Waals surface area contributed by atoms with Crippen molar-refractivity contribution in [3.8, 4) is 0 Å². The zero-order chi connectivity index (χ0) is 11.9. The summed E-state index contributed by atoms with van der Waals surface area (Å²) in [5, 5.41) is 1.98. The molecule has 0 saturated carbocycles. The van der Waals surface area contributed by atoms with Crippen molar-refractivity contribution in [2.24, 2.45) is 0 Å². The Labute approximate surface area is 101 Å². The lowest BCUT2D eigenvalue weighted by Gasteiger charge is -2.22. The molecule has 0 aliphatic heterocycles. The van der Waals surface area contributed by atoms with Crippen molar-refractivity contribution in [1.29, 1.82) is 0 Å². The molecule has 0 radical (unpaired) electrons. The third kappa shape index (κ3) is 1.92. The molecule has 0 aliphatic rings. The second kappa shape index (κ2) is 3.74. The lowest BCUT2D eigenvalue weighted by Crippen LogP contribution is -2.12. The minimum atomic E-state index is 0.0352. The SMILES string of the molecule is Cc1ccc2c(C(C)(C)C)c(Cl)ccc2n1. The summed E-state index contributed by atoms with van der Waals surface area (Å²) in [6.07, 6.45) is 0. The second-order valence-corrected chi connectivity index (χ2v) is 5.60. The van der Waals surface area contributed by atoms with Gasteiger partial charge >= 0.3 is 0 Å². The fourth-order valence-corrected chi connectivity index (χ4v) is 2.49. The van der Waals surface area contributed by atoms with Gasteiger partial charge in [-0.1, -0.05) is 38.4 Å². The van der Waals surface area contributed by atoms with Crippen LogP contribution in [0.4, 0.5) is 0 Å². The average Bonchev–Trinajstić information content (AvgIpc) is 2.16. The minimum Gasteiger partial charge on any atom is -0.253 e. The molecule has 2 aromatic rings. The summed E-state index contributed by atoms with van der Waals surface area (Å²) in [7, 11) is 0. The largest absolute Gasteiger partial charge is 0.253 e. The second-order valence-electron chi connectivity index (χ2n) is 5.19. The van der Waals surface area contributed by atoms with Crippen LogP contribution in [0.3, 0.4) is 0 Å². The van der Waals surface area contributed by atoms with Gasteiger partial charge in [-0.25, -0.2) is 0 Å². The summed E-state index contributed by atoms with van der Waals surface area (Å²) in [5.74, 6) is 0. The fourth-order valence-electron chi connectivity index (χ4n) is 2.04. The summed E-state index contributed by atoms with van der Waals surface area (Å²) in [5.41, 5.74) is 3.27. The van der Waals surface area contributed by atoms with Crippen LogP contribution in [0.2, 0.25) is 5.02 Å². The van der Waals surface area contributed by atoms with Gasteiger partial charge in [-0.2, -0.15) is 0 Å². The van der Waals surface area contributed by atoms with Crippen molar-refractivity contribution < 1.29 is 0 Å². The lowest BCUT2D eigenvalue weighted by atomic mass is 9.84.